The van der Waals surface area contributed by atoms with Gasteiger partial charge in [-0.3, -0.25) is 4.79 Å². The lowest BCUT2D eigenvalue weighted by Crippen LogP contribution is -2.25. The predicted octanol–water partition coefficient (Wildman–Crippen LogP) is 2.95. The molecule has 3 aromatic rings. The maximum Gasteiger partial charge on any atom is 0.211 e. The molecule has 1 atom stereocenters. The van der Waals surface area contributed by atoms with E-state index in [0.29, 0.717) is 22.8 Å². The minimum Gasteiger partial charge on any atom is -0.457 e. The van der Waals surface area contributed by atoms with Crippen LogP contribution >= 0.6 is 0 Å². The number of pyridine rings is 1. The highest BCUT2D eigenvalue weighted by atomic mass is 16.5. The van der Waals surface area contributed by atoms with Crippen LogP contribution in [-0.4, -0.2) is 33.7 Å². The van der Waals surface area contributed by atoms with Crippen LogP contribution in [0.2, 0.25) is 0 Å². The molecular formula is C21H16N2O4. The number of hydrogen-bond acceptors (Lipinski definition) is 6. The number of ketones is 1. The molecule has 1 aromatic heterocycles. The largest absolute Gasteiger partial charge is 0.457 e. The Hall–Kier alpha value is -3.53. The number of carbonyl (C=O) groups is 1. The quantitative estimate of drug-likeness (QED) is 0.655. The van der Waals surface area contributed by atoms with Crippen molar-refractivity contribution in [3.05, 3.63) is 78.0 Å². The number of nitrogens with zero attached hydrogens (tertiary/aromatic N) is 2. The molecule has 134 valence electrons. The van der Waals surface area contributed by atoms with Crippen LogP contribution in [0.1, 0.15) is 16.1 Å². The van der Waals surface area contributed by atoms with Crippen molar-refractivity contribution >= 4 is 5.78 Å². The highest BCUT2D eigenvalue weighted by Crippen LogP contribution is 2.25. The molecule has 2 N–H and O–H groups in total. The van der Waals surface area contributed by atoms with Gasteiger partial charge in [-0.05, 0) is 60.7 Å². The monoisotopic (exact) mass is 360 g/mol. The van der Waals surface area contributed by atoms with Crippen molar-refractivity contribution in [3.63, 3.8) is 0 Å². The Morgan fingerprint density at radius 1 is 1.04 bits per heavy atom. The number of nitriles is 1. The second-order valence-electron chi connectivity index (χ2n) is 5.73. The maximum absolute atomic E-state index is 11.9. The van der Waals surface area contributed by atoms with E-state index in [1.54, 1.807) is 60.7 Å². The summed E-state index contributed by atoms with van der Waals surface area (Å²) in [5.41, 5.74) is 1.99. The fourth-order valence-electron chi connectivity index (χ4n) is 2.41. The summed E-state index contributed by atoms with van der Waals surface area (Å²) < 4.78 is 5.73. The standard InChI is InChI=1S/C21H16N2O4/c22-12-14-4-8-16(9-5-14)27-17-10-6-15(7-11-17)18-2-1-3-19(23-18)21(26)20(25)13-24/h1-11,20,24-25H,13H2/t20-/m1/s1. The lowest BCUT2D eigenvalue weighted by Gasteiger charge is -2.09. The summed E-state index contributed by atoms with van der Waals surface area (Å²) in [6.45, 7) is -0.647. The zero-order valence-corrected chi connectivity index (χ0v) is 14.2. The summed E-state index contributed by atoms with van der Waals surface area (Å²) in [6, 6.07) is 20.9. The predicted molar refractivity (Wildman–Crippen MR) is 98.3 cm³/mol. The summed E-state index contributed by atoms with van der Waals surface area (Å²) in [4.78, 5) is 16.2. The average Bonchev–Trinajstić information content (AvgIpc) is 2.74. The summed E-state index contributed by atoms with van der Waals surface area (Å²) >= 11 is 0. The highest BCUT2D eigenvalue weighted by Gasteiger charge is 2.17. The molecule has 0 bridgehead atoms. The molecule has 0 unspecified atom stereocenters. The number of aliphatic hydroxyl groups is 2. The minimum atomic E-state index is -1.48. The van der Waals surface area contributed by atoms with Gasteiger partial charge in [-0.25, -0.2) is 4.98 Å². The fourth-order valence-corrected chi connectivity index (χ4v) is 2.41. The smallest absolute Gasteiger partial charge is 0.211 e. The first-order valence-corrected chi connectivity index (χ1v) is 8.19. The van der Waals surface area contributed by atoms with Crippen molar-refractivity contribution in [2.45, 2.75) is 6.10 Å². The van der Waals surface area contributed by atoms with Gasteiger partial charge < -0.3 is 14.9 Å². The van der Waals surface area contributed by atoms with Gasteiger partial charge in [-0.15, -0.1) is 0 Å². The fraction of sp³-hybridized carbons (Fsp3) is 0.0952. The number of Topliss-reactive ketones (excluding diaryl/α,β-unsaturated/α-hetero) is 1. The van der Waals surface area contributed by atoms with Gasteiger partial charge in [-0.1, -0.05) is 6.07 Å². The lowest BCUT2D eigenvalue weighted by atomic mass is 10.1. The van der Waals surface area contributed by atoms with E-state index >= 15 is 0 Å². The van der Waals surface area contributed by atoms with Gasteiger partial charge >= 0.3 is 0 Å². The summed E-state index contributed by atoms with van der Waals surface area (Å²) in [6.07, 6.45) is -1.48. The van der Waals surface area contributed by atoms with Gasteiger partial charge in [-0.2, -0.15) is 5.26 Å². The van der Waals surface area contributed by atoms with Crippen LogP contribution in [-0.2, 0) is 0 Å². The van der Waals surface area contributed by atoms with Crippen LogP contribution < -0.4 is 4.74 Å². The molecule has 1 heterocycles. The average molecular weight is 360 g/mol. The van der Waals surface area contributed by atoms with Crippen molar-refractivity contribution in [2.24, 2.45) is 0 Å². The van der Waals surface area contributed by atoms with E-state index in [2.05, 4.69) is 11.1 Å². The number of benzene rings is 2. The summed E-state index contributed by atoms with van der Waals surface area (Å²) in [7, 11) is 0. The molecule has 0 saturated carbocycles. The zero-order chi connectivity index (χ0) is 19.2. The van der Waals surface area contributed by atoms with Crippen molar-refractivity contribution in [1.29, 1.82) is 5.26 Å². The molecule has 0 aliphatic heterocycles. The van der Waals surface area contributed by atoms with E-state index in [1.165, 1.54) is 6.07 Å². The van der Waals surface area contributed by atoms with Crippen LogP contribution in [0.25, 0.3) is 11.3 Å². The summed E-state index contributed by atoms with van der Waals surface area (Å²) in [5.74, 6) is 0.608. The maximum atomic E-state index is 11.9. The summed E-state index contributed by atoms with van der Waals surface area (Å²) in [5, 5.41) is 27.2. The molecule has 0 spiro atoms. The Balaban J connectivity index is 1.77. The Labute approximate surface area is 155 Å². The third-order valence-corrected chi connectivity index (χ3v) is 3.85. The van der Waals surface area contributed by atoms with Crippen LogP contribution in [0.3, 0.4) is 0 Å². The first-order chi connectivity index (χ1) is 13.1. The second-order valence-corrected chi connectivity index (χ2v) is 5.73. The van der Waals surface area contributed by atoms with Gasteiger partial charge in [0, 0.05) is 5.56 Å². The van der Waals surface area contributed by atoms with Crippen LogP contribution in [0.15, 0.2) is 66.7 Å². The molecule has 6 heteroatoms. The Kier molecular flexibility index (Phi) is 5.57. The third-order valence-electron chi connectivity index (χ3n) is 3.85. The Morgan fingerprint density at radius 2 is 1.67 bits per heavy atom. The van der Waals surface area contributed by atoms with E-state index in [0.717, 1.165) is 5.56 Å². The first kappa shape index (κ1) is 18.3. The van der Waals surface area contributed by atoms with Gasteiger partial charge in [0.05, 0.1) is 23.9 Å². The second kappa shape index (κ2) is 8.23. The molecule has 0 fully saturated rings. The molecular weight excluding hydrogens is 344 g/mol. The zero-order valence-electron chi connectivity index (χ0n) is 14.2. The normalized spacial score (nSPS) is 11.4. The van der Waals surface area contributed by atoms with E-state index in [1.807, 2.05) is 0 Å². The van der Waals surface area contributed by atoms with Crippen LogP contribution in [0.4, 0.5) is 0 Å². The molecule has 0 saturated heterocycles. The number of carbonyl (C=O) groups excluding carboxylic acids is 1. The Morgan fingerprint density at radius 3 is 2.26 bits per heavy atom. The minimum absolute atomic E-state index is 0.0898. The van der Waals surface area contributed by atoms with Gasteiger partial charge in [0.1, 0.15) is 23.3 Å². The van der Waals surface area contributed by atoms with E-state index < -0.39 is 18.5 Å². The lowest BCUT2D eigenvalue weighted by molar-refractivity contribution is 0.0582. The molecule has 0 aliphatic rings. The number of ether oxygens (including phenoxy) is 1. The van der Waals surface area contributed by atoms with E-state index in [4.69, 9.17) is 15.1 Å². The van der Waals surface area contributed by atoms with Gasteiger partial charge in [0.25, 0.3) is 0 Å². The van der Waals surface area contributed by atoms with Crippen molar-refractivity contribution in [1.82, 2.24) is 4.98 Å². The molecule has 3 rings (SSSR count). The van der Waals surface area contributed by atoms with Crippen molar-refractivity contribution < 1.29 is 19.7 Å². The number of hydrogen-bond donors (Lipinski definition) is 2. The molecule has 2 aromatic carbocycles. The van der Waals surface area contributed by atoms with Crippen molar-refractivity contribution in [3.8, 4) is 28.8 Å². The number of aromatic nitrogens is 1. The van der Waals surface area contributed by atoms with Crippen LogP contribution in [0.5, 0.6) is 11.5 Å². The topological polar surface area (TPSA) is 103 Å². The van der Waals surface area contributed by atoms with Crippen molar-refractivity contribution in [2.75, 3.05) is 6.61 Å². The van der Waals surface area contributed by atoms with E-state index in [-0.39, 0.29) is 5.69 Å². The van der Waals surface area contributed by atoms with Gasteiger partial charge in [0.15, 0.2) is 0 Å². The van der Waals surface area contributed by atoms with Crippen LogP contribution in [0, 0.1) is 11.3 Å². The SMILES string of the molecule is N#Cc1ccc(Oc2ccc(-c3cccc(C(=O)[C@H](O)CO)n3)cc2)cc1. The molecule has 27 heavy (non-hydrogen) atoms. The number of aliphatic hydroxyl groups excluding tert-OH is 2. The third kappa shape index (κ3) is 4.36. The molecule has 0 aliphatic carbocycles. The number of rotatable bonds is 6. The van der Waals surface area contributed by atoms with E-state index in [9.17, 15) is 9.90 Å². The molecule has 0 amide bonds. The molecule has 6 nitrogen and oxygen atoms in total. The highest BCUT2D eigenvalue weighted by molar-refractivity contribution is 5.98. The Bertz CT molecular complexity index is 976. The van der Waals surface area contributed by atoms with Gasteiger partial charge in [0.2, 0.25) is 5.78 Å². The first-order valence-electron chi connectivity index (χ1n) is 8.19. The molecule has 0 radical (unpaired) electrons.